The van der Waals surface area contributed by atoms with Crippen LogP contribution in [0.15, 0.2) is 60.7 Å². The van der Waals surface area contributed by atoms with E-state index in [2.05, 4.69) is 35.0 Å². The number of carbonyl (C=O) groups excluding carboxylic acids is 1. The molecule has 206 valence electrons. The molecular weight excluding hydrogens is 466 g/mol. The van der Waals surface area contributed by atoms with Gasteiger partial charge >= 0.3 is 0 Å². The van der Waals surface area contributed by atoms with Crippen LogP contribution < -0.4 is 5.32 Å². The van der Waals surface area contributed by atoms with Gasteiger partial charge in [0.1, 0.15) is 5.82 Å². The second kappa shape index (κ2) is 17.6. The molecule has 0 saturated carbocycles. The third-order valence-corrected chi connectivity index (χ3v) is 7.39. The summed E-state index contributed by atoms with van der Waals surface area (Å²) in [5, 5.41) is 3.11. The van der Waals surface area contributed by atoms with Crippen LogP contribution in [-0.2, 0) is 11.3 Å². The Bertz CT molecular complexity index is 1090. The van der Waals surface area contributed by atoms with E-state index in [1.807, 2.05) is 49.4 Å². The Morgan fingerprint density at radius 2 is 1.34 bits per heavy atom. The van der Waals surface area contributed by atoms with Crippen molar-refractivity contribution in [2.45, 2.75) is 116 Å². The summed E-state index contributed by atoms with van der Waals surface area (Å²) in [6.07, 6.45) is 22.5. The summed E-state index contributed by atoms with van der Waals surface area (Å²) in [7, 11) is 0. The lowest BCUT2D eigenvalue weighted by Crippen LogP contribution is -2.27. The van der Waals surface area contributed by atoms with E-state index >= 15 is 0 Å². The highest BCUT2D eigenvalue weighted by Gasteiger charge is 2.17. The van der Waals surface area contributed by atoms with Crippen LogP contribution in [-0.4, -0.2) is 15.5 Å². The van der Waals surface area contributed by atoms with Gasteiger partial charge in [-0.1, -0.05) is 133 Å². The van der Waals surface area contributed by atoms with Crippen LogP contribution in [0.4, 0.5) is 0 Å². The number of hydrogen-bond donors (Lipinski definition) is 1. The van der Waals surface area contributed by atoms with Crippen molar-refractivity contribution in [3.63, 3.8) is 0 Å². The number of para-hydroxylation sites is 2. The van der Waals surface area contributed by atoms with E-state index in [4.69, 9.17) is 4.98 Å². The standard InChI is InChI=1S/C34H49N3O/c1-3-4-5-6-7-8-9-10-11-12-13-14-15-21-28-37-32-25-20-19-24-31(32)36-34(37)29(2)35-33(38)27-26-30-22-17-16-18-23-30/h16-20,22-27,29H,3-15,21,28H2,1-2H3,(H,35,38)/b27-26-. The lowest BCUT2D eigenvalue weighted by atomic mass is 10.0. The summed E-state index contributed by atoms with van der Waals surface area (Å²) >= 11 is 0. The number of nitrogens with zero attached hydrogens (tertiary/aromatic N) is 2. The highest BCUT2D eigenvalue weighted by molar-refractivity contribution is 5.92. The molecule has 4 heteroatoms. The van der Waals surface area contributed by atoms with Gasteiger partial charge in [0.2, 0.25) is 5.91 Å². The largest absolute Gasteiger partial charge is 0.343 e. The van der Waals surface area contributed by atoms with Crippen molar-refractivity contribution in [2.75, 3.05) is 0 Å². The van der Waals surface area contributed by atoms with Crippen molar-refractivity contribution in [1.29, 1.82) is 0 Å². The van der Waals surface area contributed by atoms with Crippen molar-refractivity contribution in [1.82, 2.24) is 14.9 Å². The van der Waals surface area contributed by atoms with Crippen molar-refractivity contribution >= 4 is 23.0 Å². The van der Waals surface area contributed by atoms with Crippen molar-refractivity contribution < 1.29 is 4.79 Å². The van der Waals surface area contributed by atoms with Crippen LogP contribution in [0.3, 0.4) is 0 Å². The Morgan fingerprint density at radius 3 is 1.97 bits per heavy atom. The maximum atomic E-state index is 12.6. The van der Waals surface area contributed by atoms with Gasteiger partial charge in [-0.3, -0.25) is 4.79 Å². The number of benzene rings is 2. The lowest BCUT2D eigenvalue weighted by Gasteiger charge is -2.15. The summed E-state index contributed by atoms with van der Waals surface area (Å²) in [5.74, 6) is 0.832. The SMILES string of the molecule is CCCCCCCCCCCCCCCCn1c(C(C)NC(=O)/C=C\c2ccccc2)nc2ccccc21. The summed E-state index contributed by atoms with van der Waals surface area (Å²) in [4.78, 5) is 17.5. The Balaban J connectivity index is 1.39. The average Bonchev–Trinajstić information content (AvgIpc) is 3.31. The number of unbranched alkanes of at least 4 members (excludes halogenated alkanes) is 13. The molecule has 2 aromatic carbocycles. The Kier molecular flexibility index (Phi) is 13.7. The molecule has 0 radical (unpaired) electrons. The number of carbonyl (C=O) groups is 1. The van der Waals surface area contributed by atoms with Gasteiger partial charge in [0.25, 0.3) is 0 Å². The van der Waals surface area contributed by atoms with Gasteiger partial charge in [-0.05, 0) is 37.1 Å². The van der Waals surface area contributed by atoms with Gasteiger partial charge < -0.3 is 9.88 Å². The number of aromatic nitrogens is 2. The minimum atomic E-state index is -0.165. The number of nitrogens with one attached hydrogen (secondary N) is 1. The molecule has 0 spiro atoms. The smallest absolute Gasteiger partial charge is 0.244 e. The quantitative estimate of drug-likeness (QED) is 0.128. The van der Waals surface area contributed by atoms with Gasteiger partial charge in [-0.25, -0.2) is 4.98 Å². The van der Waals surface area contributed by atoms with E-state index in [9.17, 15) is 4.79 Å². The number of hydrogen-bond acceptors (Lipinski definition) is 2. The molecule has 1 amide bonds. The van der Waals surface area contributed by atoms with E-state index in [1.165, 1.54) is 83.5 Å². The van der Waals surface area contributed by atoms with Crippen molar-refractivity contribution in [3.8, 4) is 0 Å². The Morgan fingerprint density at radius 1 is 0.789 bits per heavy atom. The molecule has 1 N–H and O–H groups in total. The molecule has 1 unspecified atom stereocenters. The molecule has 0 fully saturated rings. The van der Waals surface area contributed by atoms with Crippen LogP contribution in [0.25, 0.3) is 17.1 Å². The van der Waals surface area contributed by atoms with E-state index in [0.717, 1.165) is 35.4 Å². The molecule has 0 saturated heterocycles. The van der Waals surface area contributed by atoms with Crippen molar-refractivity contribution in [3.05, 3.63) is 72.1 Å². The second-order valence-corrected chi connectivity index (χ2v) is 10.7. The maximum Gasteiger partial charge on any atom is 0.244 e. The molecule has 1 atom stereocenters. The molecule has 0 aliphatic heterocycles. The summed E-state index contributed by atoms with van der Waals surface area (Å²) in [5.41, 5.74) is 3.16. The first-order chi connectivity index (χ1) is 18.7. The third-order valence-electron chi connectivity index (χ3n) is 7.39. The van der Waals surface area contributed by atoms with Crippen LogP contribution in [0, 0.1) is 0 Å². The average molecular weight is 516 g/mol. The van der Waals surface area contributed by atoms with Crippen LogP contribution >= 0.6 is 0 Å². The molecule has 0 aliphatic rings. The first-order valence-electron chi connectivity index (χ1n) is 15.2. The number of fused-ring (bicyclic) bond motifs is 1. The van der Waals surface area contributed by atoms with Gasteiger partial charge in [0.15, 0.2) is 0 Å². The van der Waals surface area contributed by atoms with Crippen LogP contribution in [0.5, 0.6) is 0 Å². The van der Waals surface area contributed by atoms with Gasteiger partial charge in [0.05, 0.1) is 17.1 Å². The second-order valence-electron chi connectivity index (χ2n) is 10.7. The minimum Gasteiger partial charge on any atom is -0.343 e. The van der Waals surface area contributed by atoms with Crippen LogP contribution in [0.1, 0.15) is 121 Å². The summed E-state index contributed by atoms with van der Waals surface area (Å²) in [6.45, 7) is 5.25. The molecule has 4 nitrogen and oxygen atoms in total. The van der Waals surface area contributed by atoms with Gasteiger partial charge in [0, 0.05) is 12.6 Å². The molecule has 0 bridgehead atoms. The first-order valence-corrected chi connectivity index (χ1v) is 15.2. The molecule has 0 aliphatic carbocycles. The van der Waals surface area contributed by atoms with E-state index in [1.54, 1.807) is 6.08 Å². The predicted molar refractivity (Wildman–Crippen MR) is 162 cm³/mol. The van der Waals surface area contributed by atoms with E-state index < -0.39 is 0 Å². The normalized spacial score (nSPS) is 12.4. The van der Waals surface area contributed by atoms with Gasteiger partial charge in [-0.15, -0.1) is 0 Å². The summed E-state index contributed by atoms with van der Waals surface area (Å²) in [6, 6.07) is 18.0. The molecule has 38 heavy (non-hydrogen) atoms. The maximum absolute atomic E-state index is 12.6. The van der Waals surface area contributed by atoms with Crippen molar-refractivity contribution in [2.24, 2.45) is 0 Å². The fraction of sp³-hybridized carbons (Fsp3) is 0.529. The molecule has 1 heterocycles. The fourth-order valence-electron chi connectivity index (χ4n) is 5.19. The molecule has 3 rings (SSSR count). The van der Waals surface area contributed by atoms with E-state index in [0.29, 0.717) is 0 Å². The topological polar surface area (TPSA) is 46.9 Å². The predicted octanol–water partition coefficient (Wildman–Crippen LogP) is 9.41. The molecular formula is C34H49N3O. The number of imidazole rings is 1. The molecule has 3 aromatic rings. The van der Waals surface area contributed by atoms with E-state index in [-0.39, 0.29) is 11.9 Å². The fourth-order valence-corrected chi connectivity index (χ4v) is 5.19. The first kappa shape index (κ1) is 29.7. The highest BCUT2D eigenvalue weighted by atomic mass is 16.1. The minimum absolute atomic E-state index is 0.101. The van der Waals surface area contributed by atoms with Crippen LogP contribution in [0.2, 0.25) is 0 Å². The number of aryl methyl sites for hydroxylation is 1. The number of rotatable bonds is 19. The monoisotopic (exact) mass is 515 g/mol. The lowest BCUT2D eigenvalue weighted by molar-refractivity contribution is -0.117. The third kappa shape index (κ3) is 10.5. The Labute approximate surface area is 230 Å². The van der Waals surface area contributed by atoms with Gasteiger partial charge in [-0.2, -0.15) is 0 Å². The zero-order valence-corrected chi connectivity index (χ0v) is 23.8. The summed E-state index contributed by atoms with van der Waals surface area (Å²) < 4.78 is 2.31. The number of amides is 1. The Hall–Kier alpha value is -2.88. The zero-order valence-electron chi connectivity index (χ0n) is 23.8. The zero-order chi connectivity index (χ0) is 26.8. The highest BCUT2D eigenvalue weighted by Crippen LogP contribution is 2.22. The molecule has 1 aromatic heterocycles.